The van der Waals surface area contributed by atoms with Gasteiger partial charge in [-0.3, -0.25) is 4.79 Å². The fourth-order valence-electron chi connectivity index (χ4n) is 4.43. The Labute approximate surface area is 205 Å². The summed E-state index contributed by atoms with van der Waals surface area (Å²) >= 11 is 3.31. The van der Waals surface area contributed by atoms with Crippen LogP contribution in [0.15, 0.2) is 68.3 Å². The maximum Gasteiger partial charge on any atom is 0.331 e. The highest BCUT2D eigenvalue weighted by molar-refractivity contribution is 7.11. The van der Waals surface area contributed by atoms with Crippen LogP contribution in [0.1, 0.15) is 46.6 Å². The number of thiophene rings is 2. The van der Waals surface area contributed by atoms with Gasteiger partial charge >= 0.3 is 5.97 Å². The van der Waals surface area contributed by atoms with E-state index < -0.39 is 5.97 Å². The standard InChI is InChI=1S/C26H24N2O4S2/c1-17-9-10-19(32-17)11-12-24(30)31-16-23(29)28-26(22-8-4-14-34-22)21-7-2-5-18(25(21)27-28)15-20-6-3-13-33-20/h3-4,6,8-15,21,26H,2,5,7,16H2,1H3. The Morgan fingerprint density at radius 1 is 1.21 bits per heavy atom. The lowest BCUT2D eigenvalue weighted by molar-refractivity contribution is -0.149. The summed E-state index contributed by atoms with van der Waals surface area (Å²) in [7, 11) is 0. The Morgan fingerprint density at radius 3 is 2.79 bits per heavy atom. The molecule has 0 radical (unpaired) electrons. The number of nitrogens with zero attached hydrogens (tertiary/aromatic N) is 2. The van der Waals surface area contributed by atoms with Gasteiger partial charge in [-0.1, -0.05) is 12.1 Å². The molecule has 4 heterocycles. The molecule has 6 nitrogen and oxygen atoms in total. The number of hydrazone groups is 1. The van der Waals surface area contributed by atoms with Gasteiger partial charge in [-0.05, 0) is 78.9 Å². The zero-order chi connectivity index (χ0) is 23.5. The van der Waals surface area contributed by atoms with Crippen LogP contribution in [0.25, 0.3) is 12.2 Å². The van der Waals surface area contributed by atoms with E-state index in [-0.39, 0.29) is 24.5 Å². The van der Waals surface area contributed by atoms with Gasteiger partial charge in [-0.2, -0.15) is 5.10 Å². The maximum atomic E-state index is 13.2. The summed E-state index contributed by atoms with van der Waals surface area (Å²) in [5.41, 5.74) is 2.16. The Bertz CT molecular complexity index is 1250. The molecule has 2 aliphatic rings. The highest BCUT2D eigenvalue weighted by Gasteiger charge is 2.44. The van der Waals surface area contributed by atoms with E-state index in [4.69, 9.17) is 14.3 Å². The monoisotopic (exact) mass is 492 g/mol. The quantitative estimate of drug-likeness (QED) is 0.308. The summed E-state index contributed by atoms with van der Waals surface area (Å²) in [5.74, 6) is 0.521. The van der Waals surface area contributed by atoms with Crippen LogP contribution < -0.4 is 0 Å². The molecule has 1 aliphatic heterocycles. The van der Waals surface area contributed by atoms with E-state index in [9.17, 15) is 9.59 Å². The molecule has 0 saturated heterocycles. The second-order valence-corrected chi connectivity index (χ2v) is 10.2. The van der Waals surface area contributed by atoms with Crippen molar-refractivity contribution < 1.29 is 18.7 Å². The first-order chi connectivity index (χ1) is 16.6. The molecule has 1 aliphatic carbocycles. The zero-order valence-corrected chi connectivity index (χ0v) is 20.3. The van der Waals surface area contributed by atoms with Gasteiger partial charge in [0, 0.05) is 21.7 Å². The first-order valence-corrected chi connectivity index (χ1v) is 12.9. The number of aryl methyl sites for hydroxylation is 1. The van der Waals surface area contributed by atoms with Crippen LogP contribution >= 0.6 is 22.7 Å². The van der Waals surface area contributed by atoms with Crippen LogP contribution in [0.3, 0.4) is 0 Å². The molecule has 1 amide bonds. The molecule has 174 valence electrons. The zero-order valence-electron chi connectivity index (χ0n) is 18.7. The van der Waals surface area contributed by atoms with Gasteiger partial charge in [0.15, 0.2) is 6.61 Å². The Balaban J connectivity index is 1.34. The van der Waals surface area contributed by atoms with Crippen LogP contribution in [0, 0.1) is 12.8 Å². The predicted molar refractivity (Wildman–Crippen MR) is 134 cm³/mol. The number of esters is 1. The second kappa shape index (κ2) is 9.95. The van der Waals surface area contributed by atoms with Crippen molar-refractivity contribution in [3.63, 3.8) is 0 Å². The number of fused-ring (bicyclic) bond motifs is 1. The molecule has 2 unspecified atom stereocenters. The first-order valence-electron chi connectivity index (χ1n) is 11.2. The van der Waals surface area contributed by atoms with E-state index in [1.807, 2.05) is 36.6 Å². The fraction of sp³-hybridized carbons (Fsp3) is 0.269. The Hall–Kier alpha value is -3.23. The van der Waals surface area contributed by atoms with Gasteiger partial charge in [0.05, 0.1) is 11.8 Å². The molecule has 1 fully saturated rings. The number of carbonyl (C=O) groups is 2. The number of carbonyl (C=O) groups excluding carboxylic acids is 2. The van der Waals surface area contributed by atoms with E-state index >= 15 is 0 Å². The molecule has 0 N–H and O–H groups in total. The molecule has 5 rings (SSSR count). The summed E-state index contributed by atoms with van der Waals surface area (Å²) < 4.78 is 10.6. The lowest BCUT2D eigenvalue weighted by Gasteiger charge is -2.28. The van der Waals surface area contributed by atoms with Crippen LogP contribution in [0.4, 0.5) is 0 Å². The van der Waals surface area contributed by atoms with E-state index in [1.165, 1.54) is 27.6 Å². The van der Waals surface area contributed by atoms with Crippen LogP contribution in [0.5, 0.6) is 0 Å². The van der Waals surface area contributed by atoms with Gasteiger partial charge in [0.1, 0.15) is 11.5 Å². The largest absolute Gasteiger partial charge is 0.462 e. The summed E-state index contributed by atoms with van der Waals surface area (Å²) in [4.78, 5) is 27.6. The van der Waals surface area contributed by atoms with Crippen molar-refractivity contribution in [1.29, 1.82) is 0 Å². The molecule has 3 aromatic heterocycles. The third-order valence-electron chi connectivity index (χ3n) is 5.93. The molecule has 8 heteroatoms. The summed E-state index contributed by atoms with van der Waals surface area (Å²) in [6.07, 6.45) is 7.95. The summed E-state index contributed by atoms with van der Waals surface area (Å²) in [6.45, 7) is 1.46. The number of ether oxygens (including phenoxy) is 1. The molecule has 3 aromatic rings. The van der Waals surface area contributed by atoms with Crippen LogP contribution in [-0.4, -0.2) is 29.2 Å². The topological polar surface area (TPSA) is 72.1 Å². The number of allylic oxidation sites excluding steroid dienone is 1. The average molecular weight is 493 g/mol. The number of hydrogen-bond acceptors (Lipinski definition) is 7. The van der Waals surface area contributed by atoms with Crippen molar-refractivity contribution in [1.82, 2.24) is 5.01 Å². The molecule has 2 atom stereocenters. The second-order valence-electron chi connectivity index (χ2n) is 8.26. The van der Waals surface area contributed by atoms with Crippen molar-refractivity contribution in [2.45, 2.75) is 32.2 Å². The Kier molecular flexibility index (Phi) is 6.60. The van der Waals surface area contributed by atoms with Crippen molar-refractivity contribution >= 4 is 52.4 Å². The molecule has 0 spiro atoms. The Morgan fingerprint density at radius 2 is 2.06 bits per heavy atom. The third-order valence-corrected chi connectivity index (χ3v) is 7.70. The van der Waals surface area contributed by atoms with Gasteiger partial charge in [0.25, 0.3) is 5.91 Å². The van der Waals surface area contributed by atoms with Crippen molar-refractivity contribution in [3.05, 3.63) is 80.1 Å². The van der Waals surface area contributed by atoms with Gasteiger partial charge in [-0.25, -0.2) is 9.80 Å². The van der Waals surface area contributed by atoms with Gasteiger partial charge in [-0.15, -0.1) is 22.7 Å². The van der Waals surface area contributed by atoms with E-state index in [1.54, 1.807) is 28.7 Å². The average Bonchev–Trinajstić information content (AvgIpc) is 3.63. The van der Waals surface area contributed by atoms with E-state index in [2.05, 4.69) is 17.5 Å². The SMILES string of the molecule is Cc1ccc(C=CC(=O)OCC(=O)N2N=C3C(=Cc4cccs4)CCCC3C2c2cccs2)o1. The highest BCUT2D eigenvalue weighted by Crippen LogP contribution is 2.45. The molecular weight excluding hydrogens is 468 g/mol. The third kappa shape index (κ3) is 4.83. The minimum atomic E-state index is -0.599. The number of hydrogen-bond donors (Lipinski definition) is 0. The summed E-state index contributed by atoms with van der Waals surface area (Å²) in [5, 5.41) is 10.4. The smallest absolute Gasteiger partial charge is 0.331 e. The van der Waals surface area contributed by atoms with Crippen molar-refractivity contribution in [2.75, 3.05) is 6.61 Å². The number of amides is 1. The predicted octanol–water partition coefficient (Wildman–Crippen LogP) is 6.09. The van der Waals surface area contributed by atoms with Crippen molar-refractivity contribution in [3.8, 4) is 0 Å². The van der Waals surface area contributed by atoms with Crippen molar-refractivity contribution in [2.24, 2.45) is 11.0 Å². The summed E-state index contributed by atoms with van der Waals surface area (Å²) in [6, 6.07) is 11.6. The van der Waals surface area contributed by atoms with Crippen LogP contribution in [0.2, 0.25) is 0 Å². The number of furan rings is 1. The molecule has 34 heavy (non-hydrogen) atoms. The highest BCUT2D eigenvalue weighted by atomic mass is 32.1. The van der Waals surface area contributed by atoms with Crippen LogP contribution in [-0.2, 0) is 14.3 Å². The first kappa shape index (κ1) is 22.6. The molecule has 1 saturated carbocycles. The minimum Gasteiger partial charge on any atom is -0.462 e. The van der Waals surface area contributed by atoms with Gasteiger partial charge in [0.2, 0.25) is 0 Å². The lowest BCUT2D eigenvalue weighted by atomic mass is 9.79. The lowest BCUT2D eigenvalue weighted by Crippen LogP contribution is -2.34. The normalized spacial score (nSPS) is 21.1. The minimum absolute atomic E-state index is 0.139. The fourth-order valence-corrected chi connectivity index (χ4v) is 5.99. The number of rotatable bonds is 6. The molecular formula is C26H24N2O4S2. The van der Waals surface area contributed by atoms with E-state index in [0.29, 0.717) is 5.76 Å². The maximum absolute atomic E-state index is 13.2. The van der Waals surface area contributed by atoms with E-state index in [0.717, 1.165) is 35.6 Å². The molecule has 0 bridgehead atoms. The van der Waals surface area contributed by atoms with Gasteiger partial charge < -0.3 is 9.15 Å². The molecule has 0 aromatic carbocycles.